The molecule has 0 N–H and O–H groups in total. The van der Waals surface area contributed by atoms with E-state index in [0.29, 0.717) is 0 Å². The maximum absolute atomic E-state index is 6.19. The van der Waals surface area contributed by atoms with Crippen LogP contribution in [0.5, 0.6) is 0 Å². The Balaban J connectivity index is 5.05. The fourth-order valence-corrected chi connectivity index (χ4v) is 2.61. The van der Waals surface area contributed by atoms with Gasteiger partial charge in [0, 0.05) is 0 Å². The average Bonchev–Trinajstić information content (AvgIpc) is 2.54. The molecule has 2 unspecified atom stereocenters. The minimum atomic E-state index is -0.747. The number of allylic oxidation sites excluding steroid dienone is 4. The van der Waals surface area contributed by atoms with Crippen LogP contribution in [-0.2, 0) is 13.9 Å². The molecule has 3 nitrogen and oxygen atoms in total. The summed E-state index contributed by atoms with van der Waals surface area (Å²) in [5, 5.41) is 0. The Hall–Kier alpha value is -0.943. The molecule has 0 aliphatic heterocycles. The summed E-state index contributed by atoms with van der Waals surface area (Å²) in [4.78, 5) is 0. The van der Waals surface area contributed by atoms with E-state index in [1.54, 1.807) is 0 Å². The zero-order valence-corrected chi connectivity index (χ0v) is 18.9. The lowest BCUT2D eigenvalue weighted by Gasteiger charge is -2.36. The molecule has 0 aromatic rings. The third-order valence-corrected chi connectivity index (χ3v) is 4.62. The highest BCUT2D eigenvalue weighted by molar-refractivity contribution is 6.24. The summed E-state index contributed by atoms with van der Waals surface area (Å²) in [7, 11) is 0.267. The summed E-state index contributed by atoms with van der Waals surface area (Å²) in [6, 6.07) is 0. The van der Waals surface area contributed by atoms with Crippen molar-refractivity contribution in [2.75, 3.05) is 0 Å². The van der Waals surface area contributed by atoms with Crippen LogP contribution in [0, 0.1) is 0 Å². The molecular formula is C22H38O3Si. The molecular weight excluding hydrogens is 340 g/mol. The van der Waals surface area contributed by atoms with Crippen LogP contribution >= 0.6 is 0 Å². The second-order valence-corrected chi connectivity index (χ2v) is 8.16. The Labute approximate surface area is 164 Å². The summed E-state index contributed by atoms with van der Waals surface area (Å²) in [5.41, 5.74) is 1.57. The molecule has 0 amide bonds. The first-order valence-electron chi connectivity index (χ1n) is 9.31. The standard InChI is InChI=1S/C22H38O3Si/c1-10-21(7,16-12-14-18(3)4)23-20(25-26-9)24-22(8,11-2)17-13-15-19(5)6/h10-11,14-15,20H,1-2,12-13,16-17H2,3-9H3. The van der Waals surface area contributed by atoms with Crippen LogP contribution in [0.15, 0.2) is 48.6 Å². The van der Waals surface area contributed by atoms with Crippen molar-refractivity contribution in [3.8, 4) is 0 Å². The van der Waals surface area contributed by atoms with Gasteiger partial charge in [-0.15, -0.1) is 13.2 Å². The summed E-state index contributed by atoms with van der Waals surface area (Å²) in [6.07, 6.45) is 11.6. The molecule has 0 bridgehead atoms. The summed E-state index contributed by atoms with van der Waals surface area (Å²) in [5.74, 6) is 0. The molecule has 0 aromatic heterocycles. The van der Waals surface area contributed by atoms with Crippen LogP contribution < -0.4 is 0 Å². The Bertz CT molecular complexity index is 448. The maximum Gasteiger partial charge on any atom is 0.263 e. The van der Waals surface area contributed by atoms with Gasteiger partial charge >= 0.3 is 0 Å². The molecule has 2 radical (unpaired) electrons. The van der Waals surface area contributed by atoms with Gasteiger partial charge in [0.1, 0.15) is 0 Å². The Morgan fingerprint density at radius 3 is 1.54 bits per heavy atom. The summed E-state index contributed by atoms with van der Waals surface area (Å²) >= 11 is 0. The number of rotatable bonds is 14. The van der Waals surface area contributed by atoms with E-state index in [1.807, 2.05) is 32.5 Å². The fourth-order valence-electron chi connectivity index (χ4n) is 2.32. The van der Waals surface area contributed by atoms with Crippen molar-refractivity contribution in [1.82, 2.24) is 0 Å². The van der Waals surface area contributed by atoms with Gasteiger partial charge in [-0.2, -0.15) is 0 Å². The van der Waals surface area contributed by atoms with Crippen molar-refractivity contribution < 1.29 is 13.9 Å². The lowest BCUT2D eigenvalue weighted by atomic mass is 9.99. The third kappa shape index (κ3) is 10.9. The van der Waals surface area contributed by atoms with Crippen molar-refractivity contribution >= 4 is 9.76 Å². The van der Waals surface area contributed by atoms with Crippen molar-refractivity contribution in [3.05, 3.63) is 48.6 Å². The van der Waals surface area contributed by atoms with E-state index in [1.165, 1.54) is 11.1 Å². The molecule has 0 heterocycles. The number of hydrogen-bond donors (Lipinski definition) is 0. The van der Waals surface area contributed by atoms with Gasteiger partial charge in [-0.25, -0.2) is 0 Å². The van der Waals surface area contributed by atoms with Crippen LogP contribution in [0.25, 0.3) is 0 Å². The van der Waals surface area contributed by atoms with Crippen LogP contribution in [-0.4, -0.2) is 27.4 Å². The van der Waals surface area contributed by atoms with Gasteiger partial charge in [0.2, 0.25) is 9.76 Å². The lowest BCUT2D eigenvalue weighted by Crippen LogP contribution is -2.40. The third-order valence-electron chi connectivity index (χ3n) is 4.20. The topological polar surface area (TPSA) is 27.7 Å². The Kier molecular flexibility index (Phi) is 12.0. The highest BCUT2D eigenvalue weighted by Gasteiger charge is 2.31. The molecule has 0 aliphatic carbocycles. The molecule has 0 saturated heterocycles. The predicted octanol–water partition coefficient (Wildman–Crippen LogP) is 6.37. The second kappa shape index (κ2) is 12.4. The maximum atomic E-state index is 6.19. The molecule has 26 heavy (non-hydrogen) atoms. The van der Waals surface area contributed by atoms with Crippen LogP contribution in [0.3, 0.4) is 0 Å². The summed E-state index contributed by atoms with van der Waals surface area (Å²) in [6.45, 7) is 21.5. The normalized spacial score (nSPS) is 16.7. The van der Waals surface area contributed by atoms with Crippen LogP contribution in [0.2, 0.25) is 6.55 Å². The van der Waals surface area contributed by atoms with Crippen molar-refractivity contribution in [1.29, 1.82) is 0 Å². The number of hydrogen-bond acceptors (Lipinski definition) is 3. The smallest absolute Gasteiger partial charge is 0.263 e. The van der Waals surface area contributed by atoms with Gasteiger partial charge in [-0.3, -0.25) is 0 Å². The van der Waals surface area contributed by atoms with Gasteiger partial charge in [-0.05, 0) is 73.8 Å². The van der Waals surface area contributed by atoms with Gasteiger partial charge in [0.15, 0.2) is 0 Å². The first-order valence-corrected chi connectivity index (χ1v) is 10.7. The molecule has 0 aromatic carbocycles. The monoisotopic (exact) mass is 378 g/mol. The zero-order valence-electron chi connectivity index (χ0n) is 17.9. The van der Waals surface area contributed by atoms with Gasteiger partial charge in [-0.1, -0.05) is 35.5 Å². The molecule has 0 spiro atoms. The SMILES string of the molecule is C=CC(C)(CCC=C(C)C)OC(O[Si]C)OC(C)(C=C)CCC=C(C)C. The zero-order chi connectivity index (χ0) is 20.2. The summed E-state index contributed by atoms with van der Waals surface area (Å²) < 4.78 is 18.1. The van der Waals surface area contributed by atoms with E-state index in [0.717, 1.165) is 25.7 Å². The predicted molar refractivity (Wildman–Crippen MR) is 113 cm³/mol. The Morgan fingerprint density at radius 2 is 1.27 bits per heavy atom. The highest BCUT2D eigenvalue weighted by atomic mass is 28.2. The van der Waals surface area contributed by atoms with E-state index < -0.39 is 17.7 Å². The van der Waals surface area contributed by atoms with Crippen LogP contribution in [0.1, 0.15) is 67.2 Å². The highest BCUT2D eigenvalue weighted by Crippen LogP contribution is 2.28. The second-order valence-electron chi connectivity index (χ2n) is 7.52. The molecule has 0 fully saturated rings. The van der Waals surface area contributed by atoms with E-state index in [-0.39, 0.29) is 9.76 Å². The fraction of sp³-hybridized carbons (Fsp3) is 0.636. The van der Waals surface area contributed by atoms with Crippen LogP contribution in [0.4, 0.5) is 0 Å². The first kappa shape index (κ1) is 25.1. The van der Waals surface area contributed by atoms with Gasteiger partial charge < -0.3 is 13.9 Å². The van der Waals surface area contributed by atoms with E-state index in [9.17, 15) is 0 Å². The molecule has 0 aliphatic rings. The largest absolute Gasteiger partial charge is 0.372 e. The van der Waals surface area contributed by atoms with E-state index >= 15 is 0 Å². The molecule has 2 atom stereocenters. The Morgan fingerprint density at radius 1 is 0.885 bits per heavy atom. The molecule has 0 saturated carbocycles. The number of ether oxygens (including phenoxy) is 2. The molecule has 0 rings (SSSR count). The first-order chi connectivity index (χ1) is 12.1. The van der Waals surface area contributed by atoms with Gasteiger partial charge in [0.25, 0.3) is 6.48 Å². The quantitative estimate of drug-likeness (QED) is 0.200. The van der Waals surface area contributed by atoms with Crippen molar-refractivity contribution in [3.63, 3.8) is 0 Å². The van der Waals surface area contributed by atoms with E-state index in [4.69, 9.17) is 13.9 Å². The lowest BCUT2D eigenvalue weighted by molar-refractivity contribution is -0.311. The minimum Gasteiger partial charge on any atom is -0.372 e. The molecule has 148 valence electrons. The van der Waals surface area contributed by atoms with Crippen molar-refractivity contribution in [2.45, 2.75) is 91.5 Å². The minimum absolute atomic E-state index is 0.267. The van der Waals surface area contributed by atoms with Gasteiger partial charge in [0.05, 0.1) is 11.2 Å². The molecule has 4 heteroatoms. The van der Waals surface area contributed by atoms with Crippen molar-refractivity contribution in [2.24, 2.45) is 0 Å². The van der Waals surface area contributed by atoms with E-state index in [2.05, 4.69) is 53.0 Å². The average molecular weight is 379 g/mol.